The third kappa shape index (κ3) is 3.79. The third-order valence-electron chi connectivity index (χ3n) is 3.90. The van der Waals surface area contributed by atoms with Crippen LogP contribution in [0.5, 0.6) is 0 Å². The molecule has 0 unspecified atom stereocenters. The second kappa shape index (κ2) is 6.26. The molecule has 116 valence electrons. The van der Waals surface area contributed by atoms with Crippen LogP contribution in [0, 0.1) is 12.8 Å². The smallest absolute Gasteiger partial charge is 0.261 e. The lowest BCUT2D eigenvalue weighted by molar-refractivity contribution is 0.0696. The van der Waals surface area contributed by atoms with Crippen molar-refractivity contribution in [3.05, 3.63) is 27.7 Å². The zero-order chi connectivity index (χ0) is 15.8. The summed E-state index contributed by atoms with van der Waals surface area (Å²) in [6, 6.07) is 2.79. The van der Waals surface area contributed by atoms with Gasteiger partial charge in [-0.2, -0.15) is 0 Å². The van der Waals surface area contributed by atoms with Gasteiger partial charge in [-0.25, -0.2) is 8.42 Å². The second-order valence-corrected chi connectivity index (χ2v) is 8.91. The summed E-state index contributed by atoms with van der Waals surface area (Å²) in [4.78, 5) is 14.3. The van der Waals surface area contributed by atoms with E-state index in [2.05, 4.69) is 22.9 Å². The van der Waals surface area contributed by atoms with Gasteiger partial charge in [-0.05, 0) is 43.4 Å². The van der Waals surface area contributed by atoms with Crippen molar-refractivity contribution in [2.24, 2.45) is 5.92 Å². The average Bonchev–Trinajstić information content (AvgIpc) is 2.40. The normalized spacial score (nSPS) is 17.0. The van der Waals surface area contributed by atoms with Crippen LogP contribution in [0.2, 0.25) is 0 Å². The number of carbonyl (C=O) groups excluding carboxylic acids is 1. The Hall–Kier alpha value is -0.590. The molecule has 1 aliphatic rings. The lowest BCUT2D eigenvalue weighted by Crippen LogP contribution is -2.38. The minimum absolute atomic E-state index is 0.0598. The van der Waals surface area contributed by atoms with Crippen molar-refractivity contribution in [3.8, 4) is 0 Å². The summed E-state index contributed by atoms with van der Waals surface area (Å²) in [5, 5.41) is 0. The lowest BCUT2D eigenvalue weighted by Gasteiger charge is -2.31. The molecular weight excluding hydrogens is 378 g/mol. The molecule has 7 heteroatoms. The summed E-state index contributed by atoms with van der Waals surface area (Å²) in [6.07, 6.45) is 1.94. The number of hydrogen-bond acceptors (Lipinski definition) is 3. The van der Waals surface area contributed by atoms with E-state index in [1.54, 1.807) is 11.8 Å². The molecule has 1 fully saturated rings. The molecule has 0 bridgehead atoms. The summed E-state index contributed by atoms with van der Waals surface area (Å²) >= 11 is 3.30. The fourth-order valence-electron chi connectivity index (χ4n) is 2.40. The molecule has 4 nitrogen and oxygen atoms in total. The van der Waals surface area contributed by atoms with Gasteiger partial charge in [0.05, 0.1) is 4.90 Å². The molecule has 0 radical (unpaired) electrons. The first-order valence-corrected chi connectivity index (χ1v) is 9.84. The van der Waals surface area contributed by atoms with Crippen LogP contribution in [0.15, 0.2) is 21.5 Å². The van der Waals surface area contributed by atoms with E-state index in [4.69, 9.17) is 10.7 Å². The van der Waals surface area contributed by atoms with Gasteiger partial charge in [0.25, 0.3) is 15.0 Å². The van der Waals surface area contributed by atoms with E-state index in [0.717, 1.165) is 18.4 Å². The van der Waals surface area contributed by atoms with Crippen molar-refractivity contribution in [1.82, 2.24) is 4.90 Å². The number of piperidine rings is 1. The largest absolute Gasteiger partial charge is 0.339 e. The van der Waals surface area contributed by atoms with E-state index < -0.39 is 9.05 Å². The predicted molar refractivity (Wildman–Crippen MR) is 86.2 cm³/mol. The monoisotopic (exact) mass is 393 g/mol. The van der Waals surface area contributed by atoms with Gasteiger partial charge in [0.2, 0.25) is 0 Å². The lowest BCUT2D eigenvalue weighted by atomic mass is 9.98. The van der Waals surface area contributed by atoms with Gasteiger partial charge in [0.15, 0.2) is 0 Å². The van der Waals surface area contributed by atoms with E-state index in [1.807, 2.05) is 0 Å². The van der Waals surface area contributed by atoms with Crippen LogP contribution in [-0.2, 0) is 9.05 Å². The maximum Gasteiger partial charge on any atom is 0.261 e. The fraction of sp³-hybridized carbons (Fsp3) is 0.500. The van der Waals surface area contributed by atoms with Crippen molar-refractivity contribution in [2.45, 2.75) is 31.6 Å². The molecule has 0 aliphatic carbocycles. The maximum atomic E-state index is 12.6. The van der Waals surface area contributed by atoms with E-state index >= 15 is 0 Å². The Labute approximate surface area is 138 Å². The Morgan fingerprint density at radius 3 is 2.43 bits per heavy atom. The summed E-state index contributed by atoms with van der Waals surface area (Å²) in [5.41, 5.74) is 1.11. The Morgan fingerprint density at radius 1 is 1.33 bits per heavy atom. The first-order valence-electron chi connectivity index (χ1n) is 6.74. The average molecular weight is 395 g/mol. The Kier molecular flexibility index (Phi) is 5.00. The number of carbonyl (C=O) groups is 1. The van der Waals surface area contributed by atoms with Crippen LogP contribution in [0.3, 0.4) is 0 Å². The number of amides is 1. The van der Waals surface area contributed by atoms with E-state index in [0.29, 0.717) is 29.0 Å². The molecule has 1 amide bonds. The molecule has 1 aromatic carbocycles. The topological polar surface area (TPSA) is 54.5 Å². The van der Waals surface area contributed by atoms with Crippen LogP contribution >= 0.6 is 26.6 Å². The molecule has 1 aliphatic heterocycles. The van der Waals surface area contributed by atoms with Gasteiger partial charge in [0, 0.05) is 33.8 Å². The fourth-order valence-corrected chi connectivity index (χ4v) is 3.80. The van der Waals surface area contributed by atoms with Gasteiger partial charge in [0.1, 0.15) is 0 Å². The summed E-state index contributed by atoms with van der Waals surface area (Å²) in [5.74, 6) is 0.485. The number of rotatable bonds is 2. The van der Waals surface area contributed by atoms with Crippen LogP contribution in [0.1, 0.15) is 35.7 Å². The van der Waals surface area contributed by atoms with E-state index in [-0.39, 0.29) is 10.8 Å². The van der Waals surface area contributed by atoms with Gasteiger partial charge >= 0.3 is 0 Å². The standard InChI is InChI=1S/C14H17BrClNO3S/c1-9-3-5-17(6-4-9)14(18)12-7-11(21(16,19)20)8-13(15)10(12)2/h7-9H,3-6H2,1-2H3. The molecule has 0 spiro atoms. The molecule has 1 aromatic rings. The first kappa shape index (κ1) is 16.8. The zero-order valence-electron chi connectivity index (χ0n) is 11.9. The second-order valence-electron chi connectivity index (χ2n) is 5.49. The highest BCUT2D eigenvalue weighted by Gasteiger charge is 2.25. The third-order valence-corrected chi connectivity index (χ3v) is 6.06. The predicted octanol–water partition coefficient (Wildman–Crippen LogP) is 3.56. The molecule has 1 heterocycles. The Morgan fingerprint density at radius 2 is 1.90 bits per heavy atom. The van der Waals surface area contributed by atoms with E-state index in [1.165, 1.54) is 12.1 Å². The molecule has 0 atom stereocenters. The van der Waals surface area contributed by atoms with E-state index in [9.17, 15) is 13.2 Å². The van der Waals surface area contributed by atoms with Crippen molar-refractivity contribution in [3.63, 3.8) is 0 Å². The summed E-state index contributed by atoms with van der Waals surface area (Å²) in [7, 11) is 1.52. The van der Waals surface area contributed by atoms with Crippen molar-refractivity contribution < 1.29 is 13.2 Å². The Balaban J connectivity index is 2.39. The number of likely N-dealkylation sites (tertiary alicyclic amines) is 1. The minimum Gasteiger partial charge on any atom is -0.339 e. The maximum absolute atomic E-state index is 12.6. The number of nitrogens with zero attached hydrogens (tertiary/aromatic N) is 1. The van der Waals surface area contributed by atoms with Crippen molar-refractivity contribution in [1.29, 1.82) is 0 Å². The van der Waals surface area contributed by atoms with Gasteiger partial charge in [-0.15, -0.1) is 0 Å². The molecule has 0 aromatic heterocycles. The van der Waals surface area contributed by atoms with Crippen LogP contribution < -0.4 is 0 Å². The SMILES string of the molecule is Cc1c(Br)cc(S(=O)(=O)Cl)cc1C(=O)N1CCC(C)CC1. The van der Waals surface area contributed by atoms with Crippen LogP contribution in [0.25, 0.3) is 0 Å². The first-order chi connectivity index (χ1) is 9.70. The zero-order valence-corrected chi connectivity index (χ0v) is 15.1. The van der Waals surface area contributed by atoms with Gasteiger partial charge in [-0.3, -0.25) is 4.79 Å². The summed E-state index contributed by atoms with van der Waals surface area (Å²) < 4.78 is 23.6. The summed E-state index contributed by atoms with van der Waals surface area (Å²) in [6.45, 7) is 5.36. The van der Waals surface area contributed by atoms with Gasteiger partial charge < -0.3 is 4.90 Å². The highest BCUT2D eigenvalue weighted by atomic mass is 79.9. The minimum atomic E-state index is -3.87. The van der Waals surface area contributed by atoms with Crippen molar-refractivity contribution >= 4 is 41.6 Å². The van der Waals surface area contributed by atoms with Crippen molar-refractivity contribution in [2.75, 3.05) is 13.1 Å². The molecule has 21 heavy (non-hydrogen) atoms. The number of halogens is 2. The Bertz CT molecular complexity index is 667. The highest BCUT2D eigenvalue weighted by Crippen LogP contribution is 2.28. The molecule has 0 N–H and O–H groups in total. The van der Waals surface area contributed by atoms with Gasteiger partial charge in [-0.1, -0.05) is 22.9 Å². The van der Waals surface area contributed by atoms with Crippen LogP contribution in [0.4, 0.5) is 0 Å². The highest BCUT2D eigenvalue weighted by molar-refractivity contribution is 9.10. The molecule has 2 rings (SSSR count). The van der Waals surface area contributed by atoms with Crippen LogP contribution in [-0.4, -0.2) is 32.3 Å². The number of benzene rings is 1. The number of hydrogen-bond donors (Lipinski definition) is 0. The quantitative estimate of drug-likeness (QED) is 0.721. The molecular formula is C14H17BrClNO3S. The molecule has 0 saturated carbocycles. The molecule has 1 saturated heterocycles.